The normalized spacial score (nSPS) is 14.7. The molecule has 11 nitrogen and oxygen atoms in total. The van der Waals surface area contributed by atoms with Crippen molar-refractivity contribution in [2.75, 3.05) is 56.1 Å². The number of benzene rings is 2. The van der Waals surface area contributed by atoms with Crippen LogP contribution in [0.4, 0.5) is 11.6 Å². The SMILES string of the molecule is Cc1nc(N2CCN(CCOCc3ccccc3)CC2)nc2nc(-c3c(NCC(O)c4cccc(Cl)c4)cc[nH]c3=O)[nH]c12. The molecular formula is C32H35ClN8O3. The second-order valence-corrected chi connectivity index (χ2v) is 11.2. The van der Waals surface area contributed by atoms with Crippen molar-refractivity contribution < 1.29 is 9.84 Å². The van der Waals surface area contributed by atoms with Gasteiger partial charge in [0.15, 0.2) is 5.65 Å². The van der Waals surface area contributed by atoms with E-state index in [0.29, 0.717) is 58.0 Å². The topological polar surface area (TPSA) is 135 Å². The highest BCUT2D eigenvalue weighted by molar-refractivity contribution is 6.30. The zero-order valence-electron chi connectivity index (χ0n) is 24.5. The number of halogens is 1. The molecule has 1 aliphatic rings. The number of imidazole rings is 1. The molecule has 1 unspecified atom stereocenters. The number of aliphatic hydroxyl groups excluding tert-OH is 1. The van der Waals surface area contributed by atoms with Gasteiger partial charge in [0.2, 0.25) is 5.95 Å². The van der Waals surface area contributed by atoms with Gasteiger partial charge in [0.05, 0.1) is 30.7 Å². The van der Waals surface area contributed by atoms with Gasteiger partial charge < -0.3 is 30.0 Å². The third-order valence-electron chi connectivity index (χ3n) is 7.76. The number of aromatic nitrogens is 5. The summed E-state index contributed by atoms with van der Waals surface area (Å²) >= 11 is 6.08. The largest absolute Gasteiger partial charge is 0.387 e. The Kier molecular flexibility index (Phi) is 9.17. The van der Waals surface area contributed by atoms with E-state index in [1.807, 2.05) is 25.1 Å². The number of aliphatic hydroxyl groups is 1. The first-order valence-electron chi connectivity index (χ1n) is 14.7. The Hall–Kier alpha value is -4.29. The minimum Gasteiger partial charge on any atom is -0.387 e. The molecule has 0 radical (unpaired) electrons. The number of ether oxygens (including phenoxy) is 1. The lowest BCUT2D eigenvalue weighted by atomic mass is 10.1. The van der Waals surface area contributed by atoms with E-state index in [-0.39, 0.29) is 12.1 Å². The molecule has 0 saturated carbocycles. The molecule has 228 valence electrons. The number of hydrogen-bond donors (Lipinski definition) is 4. The lowest BCUT2D eigenvalue weighted by Crippen LogP contribution is -2.48. The van der Waals surface area contributed by atoms with Gasteiger partial charge in [0.1, 0.15) is 16.9 Å². The highest BCUT2D eigenvalue weighted by atomic mass is 35.5. The molecule has 4 N–H and O–H groups in total. The predicted octanol–water partition coefficient (Wildman–Crippen LogP) is 4.15. The smallest absolute Gasteiger partial charge is 0.261 e. The summed E-state index contributed by atoms with van der Waals surface area (Å²) in [5.74, 6) is 0.995. The number of aromatic amines is 2. The number of H-pyrrole nitrogens is 2. The van der Waals surface area contributed by atoms with Crippen molar-refractivity contribution in [3.05, 3.63) is 99.1 Å². The predicted molar refractivity (Wildman–Crippen MR) is 172 cm³/mol. The highest BCUT2D eigenvalue weighted by Gasteiger charge is 2.22. The van der Waals surface area contributed by atoms with Crippen molar-refractivity contribution in [3.63, 3.8) is 0 Å². The first-order valence-corrected chi connectivity index (χ1v) is 15.0. The van der Waals surface area contributed by atoms with E-state index in [0.717, 1.165) is 38.4 Å². The van der Waals surface area contributed by atoms with Crippen molar-refractivity contribution in [3.8, 4) is 11.4 Å². The van der Waals surface area contributed by atoms with Crippen LogP contribution in [0.3, 0.4) is 0 Å². The Morgan fingerprint density at radius 1 is 1.05 bits per heavy atom. The summed E-state index contributed by atoms with van der Waals surface area (Å²) in [7, 11) is 0. The van der Waals surface area contributed by atoms with Gasteiger partial charge in [-0.1, -0.05) is 54.1 Å². The Bertz CT molecular complexity index is 1770. The number of hydrogen-bond acceptors (Lipinski definition) is 9. The van der Waals surface area contributed by atoms with Crippen LogP contribution in [0.2, 0.25) is 5.02 Å². The van der Waals surface area contributed by atoms with E-state index in [1.165, 1.54) is 5.56 Å². The third-order valence-corrected chi connectivity index (χ3v) is 7.99. The van der Waals surface area contributed by atoms with Gasteiger partial charge in [-0.25, -0.2) is 9.97 Å². The van der Waals surface area contributed by atoms with E-state index in [2.05, 4.69) is 37.2 Å². The molecule has 0 spiro atoms. The van der Waals surface area contributed by atoms with E-state index in [4.69, 9.17) is 31.3 Å². The van der Waals surface area contributed by atoms with E-state index in [1.54, 1.807) is 36.5 Å². The average Bonchev–Trinajstić information content (AvgIpc) is 3.47. The molecule has 0 aliphatic carbocycles. The van der Waals surface area contributed by atoms with Crippen molar-refractivity contribution in [2.24, 2.45) is 0 Å². The number of nitrogens with zero attached hydrogens (tertiary/aromatic N) is 5. The zero-order valence-corrected chi connectivity index (χ0v) is 25.2. The molecule has 5 aromatic rings. The van der Waals surface area contributed by atoms with E-state index in [9.17, 15) is 9.90 Å². The number of anilines is 2. The maximum absolute atomic E-state index is 13.0. The van der Waals surface area contributed by atoms with Crippen LogP contribution >= 0.6 is 11.6 Å². The summed E-state index contributed by atoms with van der Waals surface area (Å²) in [4.78, 5) is 37.7. The molecule has 0 amide bonds. The third kappa shape index (κ3) is 6.92. The number of pyridine rings is 1. The molecule has 0 bridgehead atoms. The van der Waals surface area contributed by atoms with Crippen molar-refractivity contribution in [2.45, 2.75) is 19.6 Å². The van der Waals surface area contributed by atoms with Gasteiger partial charge in [0.25, 0.3) is 5.56 Å². The fourth-order valence-electron chi connectivity index (χ4n) is 5.31. The molecule has 1 saturated heterocycles. The molecule has 6 rings (SSSR count). The van der Waals surface area contributed by atoms with Gasteiger partial charge >= 0.3 is 0 Å². The lowest BCUT2D eigenvalue weighted by molar-refractivity contribution is 0.0906. The van der Waals surface area contributed by atoms with Crippen LogP contribution < -0.4 is 15.8 Å². The molecule has 2 aromatic carbocycles. The van der Waals surface area contributed by atoms with Crippen LogP contribution in [-0.4, -0.2) is 80.8 Å². The van der Waals surface area contributed by atoms with Crippen molar-refractivity contribution in [1.82, 2.24) is 29.8 Å². The summed E-state index contributed by atoms with van der Waals surface area (Å²) in [6, 6.07) is 19.0. The van der Waals surface area contributed by atoms with Crippen LogP contribution in [0.1, 0.15) is 22.9 Å². The number of piperazine rings is 1. The fourth-order valence-corrected chi connectivity index (χ4v) is 5.51. The minimum absolute atomic E-state index is 0.172. The van der Waals surface area contributed by atoms with Crippen LogP contribution in [-0.2, 0) is 11.3 Å². The monoisotopic (exact) mass is 614 g/mol. The Balaban J connectivity index is 1.11. The van der Waals surface area contributed by atoms with Gasteiger partial charge in [-0.3, -0.25) is 9.69 Å². The molecule has 12 heteroatoms. The average molecular weight is 615 g/mol. The second kappa shape index (κ2) is 13.6. The number of nitrogens with one attached hydrogen (secondary N) is 3. The lowest BCUT2D eigenvalue weighted by Gasteiger charge is -2.34. The minimum atomic E-state index is -0.825. The molecule has 1 atom stereocenters. The molecule has 4 heterocycles. The summed E-state index contributed by atoms with van der Waals surface area (Å²) in [5.41, 5.74) is 4.31. The first kappa shape index (κ1) is 29.8. The number of rotatable bonds is 11. The van der Waals surface area contributed by atoms with E-state index < -0.39 is 6.10 Å². The molecule has 1 aliphatic heterocycles. The Labute approximate surface area is 259 Å². The number of aryl methyl sites for hydroxylation is 1. The van der Waals surface area contributed by atoms with Crippen LogP contribution in [0, 0.1) is 6.92 Å². The van der Waals surface area contributed by atoms with Gasteiger partial charge in [0, 0.05) is 50.5 Å². The Morgan fingerprint density at radius 2 is 1.86 bits per heavy atom. The van der Waals surface area contributed by atoms with Gasteiger partial charge in [-0.05, 0) is 36.2 Å². The summed E-state index contributed by atoms with van der Waals surface area (Å²) < 4.78 is 5.87. The maximum atomic E-state index is 13.0. The molecule has 3 aromatic heterocycles. The standard InChI is InChI=1S/C32H35ClN8O3/c1-21-28-30(39-32(36-21)41-14-12-40(13-15-41)16-17-44-20-22-6-3-2-4-7-22)38-29(37-28)27-25(10-11-34-31(27)43)35-19-26(42)23-8-5-9-24(33)18-23/h2-11,18,26,42H,12-17,19-20H2,1H3,(H2,34,35,43)(H,36,37,38,39). The first-order chi connectivity index (χ1) is 21.4. The summed E-state index contributed by atoms with van der Waals surface area (Å²) in [5, 5.41) is 14.4. The second-order valence-electron chi connectivity index (χ2n) is 10.8. The molecule has 44 heavy (non-hydrogen) atoms. The fraction of sp³-hybridized carbons (Fsp3) is 0.312. The van der Waals surface area contributed by atoms with Crippen molar-refractivity contribution in [1.29, 1.82) is 0 Å². The zero-order chi connectivity index (χ0) is 30.5. The summed E-state index contributed by atoms with van der Waals surface area (Å²) in [6.07, 6.45) is 0.732. The van der Waals surface area contributed by atoms with Crippen LogP contribution in [0.25, 0.3) is 22.6 Å². The molecular weight excluding hydrogens is 580 g/mol. The number of fused-ring (bicyclic) bond motifs is 1. The highest BCUT2D eigenvalue weighted by Crippen LogP contribution is 2.27. The summed E-state index contributed by atoms with van der Waals surface area (Å²) in [6.45, 7) is 7.62. The quantitative estimate of drug-likeness (QED) is 0.162. The maximum Gasteiger partial charge on any atom is 0.261 e. The van der Waals surface area contributed by atoms with E-state index >= 15 is 0 Å². The van der Waals surface area contributed by atoms with Gasteiger partial charge in [-0.15, -0.1) is 0 Å². The van der Waals surface area contributed by atoms with Gasteiger partial charge in [-0.2, -0.15) is 4.98 Å². The van der Waals surface area contributed by atoms with Crippen LogP contribution in [0.15, 0.2) is 71.7 Å². The van der Waals surface area contributed by atoms with Crippen molar-refractivity contribution >= 4 is 34.4 Å². The Morgan fingerprint density at radius 3 is 2.66 bits per heavy atom. The van der Waals surface area contributed by atoms with Crippen LogP contribution in [0.5, 0.6) is 0 Å². The molecule has 1 fully saturated rings.